The number of rotatable bonds is 5. The molecule has 0 aromatic heterocycles. The van der Waals surface area contributed by atoms with Crippen LogP contribution in [0.25, 0.3) is 0 Å². The van der Waals surface area contributed by atoms with Gasteiger partial charge in [0.15, 0.2) is 9.84 Å². The molecule has 0 radical (unpaired) electrons. The molecular weight excluding hydrogens is 258 g/mol. The SMILES string of the molecule is CCC(C)CS(=O)(=O)Cc1cc(Cl)ccc1N. The van der Waals surface area contributed by atoms with Crippen LogP contribution in [0.15, 0.2) is 18.2 Å². The number of halogens is 1. The number of hydrogen-bond acceptors (Lipinski definition) is 3. The molecule has 0 aliphatic rings. The van der Waals surface area contributed by atoms with Crippen LogP contribution in [0.3, 0.4) is 0 Å². The molecule has 1 rings (SSSR count). The molecule has 0 fully saturated rings. The highest BCUT2D eigenvalue weighted by Gasteiger charge is 2.17. The standard InChI is InChI=1S/C12H18ClNO2S/c1-3-9(2)7-17(15,16)8-10-6-11(13)4-5-12(10)14/h4-6,9H,3,7-8,14H2,1-2H3. The maximum absolute atomic E-state index is 11.9. The predicted octanol–water partition coefficient (Wildman–Crippen LogP) is 2.88. The summed E-state index contributed by atoms with van der Waals surface area (Å²) in [5.41, 5.74) is 6.80. The summed E-state index contributed by atoms with van der Waals surface area (Å²) in [5, 5.41) is 0.507. The van der Waals surface area contributed by atoms with E-state index in [4.69, 9.17) is 17.3 Å². The van der Waals surface area contributed by atoms with Crippen molar-refractivity contribution in [3.05, 3.63) is 28.8 Å². The van der Waals surface area contributed by atoms with E-state index in [9.17, 15) is 8.42 Å². The summed E-state index contributed by atoms with van der Waals surface area (Å²) in [6.45, 7) is 3.91. The lowest BCUT2D eigenvalue weighted by molar-refractivity contribution is 0.563. The Morgan fingerprint density at radius 1 is 1.41 bits per heavy atom. The Kier molecular flexibility index (Phi) is 4.83. The van der Waals surface area contributed by atoms with Gasteiger partial charge >= 0.3 is 0 Å². The topological polar surface area (TPSA) is 60.2 Å². The van der Waals surface area contributed by atoms with Crippen molar-refractivity contribution in [2.75, 3.05) is 11.5 Å². The van der Waals surface area contributed by atoms with Crippen LogP contribution in [-0.4, -0.2) is 14.2 Å². The quantitative estimate of drug-likeness (QED) is 0.841. The lowest BCUT2D eigenvalue weighted by Gasteiger charge is -2.11. The van der Waals surface area contributed by atoms with Gasteiger partial charge in [-0.3, -0.25) is 0 Å². The van der Waals surface area contributed by atoms with Crippen molar-refractivity contribution in [1.82, 2.24) is 0 Å². The maximum Gasteiger partial charge on any atom is 0.154 e. The molecule has 1 aromatic carbocycles. The zero-order valence-corrected chi connectivity index (χ0v) is 11.7. The summed E-state index contributed by atoms with van der Waals surface area (Å²) in [5.74, 6) is 0.319. The summed E-state index contributed by atoms with van der Waals surface area (Å²) < 4.78 is 23.9. The van der Waals surface area contributed by atoms with Crippen LogP contribution in [0.4, 0.5) is 5.69 Å². The number of anilines is 1. The molecule has 1 aromatic rings. The van der Waals surface area contributed by atoms with E-state index in [0.717, 1.165) is 6.42 Å². The van der Waals surface area contributed by atoms with Crippen molar-refractivity contribution in [2.45, 2.75) is 26.0 Å². The molecule has 5 heteroatoms. The second-order valence-corrected chi connectivity index (χ2v) is 6.96. The van der Waals surface area contributed by atoms with Crippen molar-refractivity contribution in [1.29, 1.82) is 0 Å². The van der Waals surface area contributed by atoms with E-state index in [1.165, 1.54) is 0 Å². The smallest absolute Gasteiger partial charge is 0.154 e. The summed E-state index contributed by atoms with van der Waals surface area (Å²) in [6.07, 6.45) is 0.851. The fraction of sp³-hybridized carbons (Fsp3) is 0.500. The van der Waals surface area contributed by atoms with Gasteiger partial charge < -0.3 is 5.73 Å². The van der Waals surface area contributed by atoms with Gasteiger partial charge in [-0.1, -0.05) is 31.9 Å². The Hall–Kier alpha value is -0.740. The first-order valence-corrected chi connectivity index (χ1v) is 7.78. The largest absolute Gasteiger partial charge is 0.398 e. The van der Waals surface area contributed by atoms with Crippen molar-refractivity contribution in [3.8, 4) is 0 Å². The minimum absolute atomic E-state index is 0.0380. The Bertz CT molecular complexity index is 485. The molecule has 1 unspecified atom stereocenters. The van der Waals surface area contributed by atoms with E-state index in [1.807, 2.05) is 13.8 Å². The molecule has 3 nitrogen and oxygen atoms in total. The van der Waals surface area contributed by atoms with E-state index in [0.29, 0.717) is 16.3 Å². The minimum atomic E-state index is -3.12. The van der Waals surface area contributed by atoms with Crippen LogP contribution in [0.2, 0.25) is 5.02 Å². The summed E-state index contributed by atoms with van der Waals surface area (Å²) in [4.78, 5) is 0. The number of benzene rings is 1. The number of nitrogen functional groups attached to an aromatic ring is 1. The van der Waals surface area contributed by atoms with Gasteiger partial charge in [0.05, 0.1) is 11.5 Å². The zero-order chi connectivity index (χ0) is 13.1. The molecule has 96 valence electrons. The summed E-state index contributed by atoms with van der Waals surface area (Å²) >= 11 is 5.83. The Balaban J connectivity index is 2.86. The summed E-state index contributed by atoms with van der Waals surface area (Å²) in [7, 11) is -3.12. The molecule has 0 amide bonds. The minimum Gasteiger partial charge on any atom is -0.398 e. The van der Waals surface area contributed by atoms with Gasteiger partial charge in [-0.05, 0) is 29.7 Å². The molecule has 0 aliphatic heterocycles. The Morgan fingerprint density at radius 2 is 2.06 bits per heavy atom. The molecule has 1 atom stereocenters. The van der Waals surface area contributed by atoms with E-state index in [1.54, 1.807) is 18.2 Å². The first-order valence-electron chi connectivity index (χ1n) is 5.58. The molecule has 2 N–H and O–H groups in total. The van der Waals surface area contributed by atoms with E-state index >= 15 is 0 Å². The van der Waals surface area contributed by atoms with Crippen molar-refractivity contribution < 1.29 is 8.42 Å². The van der Waals surface area contributed by atoms with Crippen LogP contribution in [0, 0.1) is 5.92 Å². The van der Waals surface area contributed by atoms with Crippen molar-refractivity contribution >= 4 is 27.1 Å². The molecule has 0 saturated carbocycles. The molecule has 0 aliphatic carbocycles. The molecule has 0 heterocycles. The van der Waals surface area contributed by atoms with Crippen LogP contribution in [-0.2, 0) is 15.6 Å². The third kappa shape index (κ3) is 4.56. The normalized spacial score (nSPS) is 13.6. The molecular formula is C12H18ClNO2S. The van der Waals surface area contributed by atoms with Gasteiger partial charge in [-0.15, -0.1) is 0 Å². The number of nitrogens with two attached hydrogens (primary N) is 1. The average molecular weight is 276 g/mol. The number of sulfone groups is 1. The highest BCUT2D eigenvalue weighted by Crippen LogP contribution is 2.21. The monoisotopic (exact) mass is 275 g/mol. The third-order valence-electron chi connectivity index (χ3n) is 2.72. The van der Waals surface area contributed by atoms with Gasteiger partial charge in [0.2, 0.25) is 0 Å². The molecule has 0 saturated heterocycles. The van der Waals surface area contributed by atoms with Crippen LogP contribution < -0.4 is 5.73 Å². The van der Waals surface area contributed by atoms with Crippen LogP contribution >= 0.6 is 11.6 Å². The zero-order valence-electron chi connectivity index (χ0n) is 10.1. The first-order chi connectivity index (χ1) is 7.84. The summed E-state index contributed by atoms with van der Waals surface area (Å²) in [6, 6.07) is 4.91. The van der Waals surface area contributed by atoms with Crippen molar-refractivity contribution in [2.24, 2.45) is 5.92 Å². The van der Waals surface area contributed by atoms with Gasteiger partial charge in [0.1, 0.15) is 0 Å². The number of hydrogen-bond donors (Lipinski definition) is 1. The molecule has 17 heavy (non-hydrogen) atoms. The Labute approximate surface area is 108 Å². The van der Waals surface area contributed by atoms with Gasteiger partial charge in [0, 0.05) is 10.7 Å². The lowest BCUT2D eigenvalue weighted by Crippen LogP contribution is -2.16. The first kappa shape index (κ1) is 14.3. The van der Waals surface area contributed by atoms with Gasteiger partial charge in [-0.2, -0.15) is 0 Å². The van der Waals surface area contributed by atoms with Gasteiger partial charge in [0.25, 0.3) is 0 Å². The molecule has 0 spiro atoms. The average Bonchev–Trinajstić information content (AvgIpc) is 2.22. The fourth-order valence-electron chi connectivity index (χ4n) is 1.55. The van der Waals surface area contributed by atoms with Crippen LogP contribution in [0.1, 0.15) is 25.8 Å². The van der Waals surface area contributed by atoms with Gasteiger partial charge in [-0.25, -0.2) is 8.42 Å². The van der Waals surface area contributed by atoms with E-state index in [-0.39, 0.29) is 17.4 Å². The van der Waals surface area contributed by atoms with E-state index in [2.05, 4.69) is 0 Å². The predicted molar refractivity (Wildman–Crippen MR) is 72.8 cm³/mol. The van der Waals surface area contributed by atoms with Crippen molar-refractivity contribution in [3.63, 3.8) is 0 Å². The second-order valence-electron chi connectivity index (χ2n) is 4.41. The third-order valence-corrected chi connectivity index (χ3v) is 4.78. The lowest BCUT2D eigenvalue weighted by atomic mass is 10.2. The maximum atomic E-state index is 11.9. The molecule has 0 bridgehead atoms. The van der Waals surface area contributed by atoms with E-state index < -0.39 is 9.84 Å². The fourth-order valence-corrected chi connectivity index (χ4v) is 3.69. The Morgan fingerprint density at radius 3 is 2.65 bits per heavy atom. The highest BCUT2D eigenvalue weighted by atomic mass is 35.5. The highest BCUT2D eigenvalue weighted by molar-refractivity contribution is 7.90. The second kappa shape index (κ2) is 5.74. The van der Waals surface area contributed by atoms with Crippen LogP contribution in [0.5, 0.6) is 0 Å².